The Bertz CT molecular complexity index is 231. The highest BCUT2D eigenvalue weighted by atomic mass is 32.2. The number of sulfone groups is 1. The number of rotatable bonds is 3. The zero-order valence-corrected chi connectivity index (χ0v) is 7.76. The molecule has 0 aromatic rings. The number of aliphatic hydroxyl groups excluding tert-OH is 1. The summed E-state index contributed by atoms with van der Waals surface area (Å²) in [6, 6.07) is 0. The first-order chi connectivity index (χ1) is 5.59. The van der Waals surface area contributed by atoms with Crippen molar-refractivity contribution in [3.63, 3.8) is 0 Å². The van der Waals surface area contributed by atoms with Crippen molar-refractivity contribution in [3.8, 4) is 0 Å². The Balaban J connectivity index is 2.70. The first kappa shape index (κ1) is 9.95. The van der Waals surface area contributed by atoms with E-state index in [-0.39, 0.29) is 11.8 Å². The monoisotopic (exact) mass is 193 g/mol. The lowest BCUT2D eigenvalue weighted by atomic mass is 10.4. The minimum Gasteiger partial charge on any atom is -0.376 e. The van der Waals surface area contributed by atoms with Crippen molar-refractivity contribution in [2.75, 3.05) is 6.54 Å². The predicted octanol–water partition coefficient (Wildman–Crippen LogP) is -0.379. The lowest BCUT2D eigenvalue weighted by molar-refractivity contribution is 0.254. The number of hydrogen-bond donors (Lipinski definition) is 2. The van der Waals surface area contributed by atoms with Gasteiger partial charge in [-0.05, 0) is 12.8 Å². The van der Waals surface area contributed by atoms with Crippen molar-refractivity contribution in [3.05, 3.63) is 0 Å². The molecule has 0 aliphatic heterocycles. The smallest absolute Gasteiger partial charge is 0.180 e. The molecule has 0 aromatic heterocycles. The van der Waals surface area contributed by atoms with Crippen molar-refractivity contribution in [1.82, 2.24) is 0 Å². The molecule has 0 saturated heterocycles. The fourth-order valence-corrected chi connectivity index (χ4v) is 3.28. The Kier molecular flexibility index (Phi) is 3.09. The summed E-state index contributed by atoms with van der Waals surface area (Å²) in [5.41, 5.74) is 3.74. The maximum atomic E-state index is 11.4. The van der Waals surface area contributed by atoms with Crippen LogP contribution in [-0.4, -0.2) is 30.8 Å². The van der Waals surface area contributed by atoms with Crippen LogP contribution in [0, 0.1) is 0 Å². The van der Waals surface area contributed by atoms with Crippen molar-refractivity contribution < 1.29 is 13.5 Å². The van der Waals surface area contributed by atoms with Crippen LogP contribution in [0.4, 0.5) is 0 Å². The molecule has 0 amide bonds. The maximum Gasteiger partial charge on any atom is 0.180 e. The highest BCUT2D eigenvalue weighted by molar-refractivity contribution is 7.92. The molecule has 0 bridgehead atoms. The third-order valence-corrected chi connectivity index (χ3v) is 4.70. The number of aliphatic hydroxyl groups is 1. The fourth-order valence-electron chi connectivity index (χ4n) is 1.57. The molecule has 1 unspecified atom stereocenters. The van der Waals surface area contributed by atoms with Crippen LogP contribution in [0.5, 0.6) is 0 Å². The quantitative estimate of drug-likeness (QED) is 0.640. The van der Waals surface area contributed by atoms with Crippen molar-refractivity contribution in [2.24, 2.45) is 5.73 Å². The molecule has 1 saturated carbocycles. The van der Waals surface area contributed by atoms with E-state index in [1.165, 1.54) is 0 Å². The molecule has 0 radical (unpaired) electrons. The van der Waals surface area contributed by atoms with E-state index in [1.807, 2.05) is 0 Å². The van der Waals surface area contributed by atoms with Gasteiger partial charge in [-0.15, -0.1) is 0 Å². The zero-order chi connectivity index (χ0) is 9.19. The largest absolute Gasteiger partial charge is 0.376 e. The first-order valence-corrected chi connectivity index (χ1v) is 5.81. The molecule has 1 aliphatic carbocycles. The summed E-state index contributed by atoms with van der Waals surface area (Å²) >= 11 is 0. The first-order valence-electron chi connectivity index (χ1n) is 4.20. The maximum absolute atomic E-state index is 11.4. The van der Waals surface area contributed by atoms with E-state index in [4.69, 9.17) is 10.8 Å². The summed E-state index contributed by atoms with van der Waals surface area (Å²) in [4.78, 5) is 0. The summed E-state index contributed by atoms with van der Waals surface area (Å²) in [7, 11) is -3.36. The molecule has 72 valence electrons. The summed E-state index contributed by atoms with van der Waals surface area (Å²) < 4.78 is 22.9. The third kappa shape index (κ3) is 1.78. The van der Waals surface area contributed by atoms with E-state index in [0.717, 1.165) is 12.8 Å². The number of hydrogen-bond acceptors (Lipinski definition) is 4. The Hall–Kier alpha value is -0.130. The van der Waals surface area contributed by atoms with E-state index < -0.39 is 15.3 Å². The normalized spacial score (nSPS) is 22.8. The minimum atomic E-state index is -3.36. The molecule has 0 aromatic carbocycles. The summed E-state index contributed by atoms with van der Waals surface area (Å²) in [6.07, 6.45) is 3.25. The molecule has 0 spiro atoms. The van der Waals surface area contributed by atoms with Crippen LogP contribution in [0.3, 0.4) is 0 Å². The van der Waals surface area contributed by atoms with Crippen LogP contribution in [0.2, 0.25) is 0 Å². The second-order valence-electron chi connectivity index (χ2n) is 3.19. The van der Waals surface area contributed by atoms with Crippen LogP contribution >= 0.6 is 0 Å². The SMILES string of the molecule is NCC(O)S(=O)(=O)C1CCCC1. The molecule has 1 aliphatic rings. The minimum absolute atomic E-state index is 0.196. The van der Waals surface area contributed by atoms with Gasteiger partial charge in [0.2, 0.25) is 0 Å². The standard InChI is InChI=1S/C7H15NO3S/c8-5-7(9)12(10,11)6-3-1-2-4-6/h6-7,9H,1-5,8H2. The van der Waals surface area contributed by atoms with Crippen molar-refractivity contribution >= 4 is 9.84 Å². The van der Waals surface area contributed by atoms with Gasteiger partial charge < -0.3 is 10.8 Å². The Labute approximate surface area is 72.7 Å². The van der Waals surface area contributed by atoms with Crippen LogP contribution < -0.4 is 5.73 Å². The molecule has 0 heterocycles. The van der Waals surface area contributed by atoms with E-state index in [9.17, 15) is 8.42 Å². The van der Waals surface area contributed by atoms with Gasteiger partial charge in [0.1, 0.15) is 0 Å². The third-order valence-electron chi connectivity index (χ3n) is 2.35. The van der Waals surface area contributed by atoms with Gasteiger partial charge in [-0.2, -0.15) is 0 Å². The van der Waals surface area contributed by atoms with Gasteiger partial charge in [0.15, 0.2) is 15.3 Å². The van der Waals surface area contributed by atoms with E-state index >= 15 is 0 Å². The van der Waals surface area contributed by atoms with Gasteiger partial charge in [-0.1, -0.05) is 12.8 Å². The van der Waals surface area contributed by atoms with Gasteiger partial charge in [0.25, 0.3) is 0 Å². The van der Waals surface area contributed by atoms with E-state index in [0.29, 0.717) is 12.8 Å². The summed E-state index contributed by atoms with van der Waals surface area (Å²) in [5.74, 6) is 0. The van der Waals surface area contributed by atoms with Gasteiger partial charge >= 0.3 is 0 Å². The number of nitrogens with two attached hydrogens (primary N) is 1. The molecule has 3 N–H and O–H groups in total. The summed E-state index contributed by atoms with van der Waals surface area (Å²) in [5, 5.41) is 8.78. The lowest BCUT2D eigenvalue weighted by Crippen LogP contribution is -2.35. The van der Waals surface area contributed by atoms with Crippen molar-refractivity contribution in [2.45, 2.75) is 36.4 Å². The topological polar surface area (TPSA) is 80.4 Å². The van der Waals surface area contributed by atoms with Crippen LogP contribution in [-0.2, 0) is 9.84 Å². The van der Waals surface area contributed by atoms with Gasteiger partial charge in [0, 0.05) is 6.54 Å². The Morgan fingerprint density at radius 3 is 2.33 bits per heavy atom. The molecule has 1 atom stereocenters. The van der Waals surface area contributed by atoms with E-state index in [1.54, 1.807) is 0 Å². The molecule has 4 nitrogen and oxygen atoms in total. The molecule has 1 rings (SSSR count). The Morgan fingerprint density at radius 2 is 1.92 bits per heavy atom. The predicted molar refractivity (Wildman–Crippen MR) is 46.2 cm³/mol. The lowest BCUT2D eigenvalue weighted by Gasteiger charge is -2.14. The molecular weight excluding hydrogens is 178 g/mol. The molecule has 1 fully saturated rings. The molecular formula is C7H15NO3S. The Morgan fingerprint density at radius 1 is 1.42 bits per heavy atom. The van der Waals surface area contributed by atoms with Crippen molar-refractivity contribution in [1.29, 1.82) is 0 Å². The average molecular weight is 193 g/mol. The zero-order valence-electron chi connectivity index (χ0n) is 6.94. The highest BCUT2D eigenvalue weighted by Gasteiger charge is 2.33. The fraction of sp³-hybridized carbons (Fsp3) is 1.00. The summed E-state index contributed by atoms with van der Waals surface area (Å²) in [6.45, 7) is -0.196. The average Bonchev–Trinajstić information content (AvgIpc) is 2.55. The molecule has 12 heavy (non-hydrogen) atoms. The molecule has 5 heteroatoms. The highest BCUT2D eigenvalue weighted by Crippen LogP contribution is 2.26. The van der Waals surface area contributed by atoms with Gasteiger partial charge in [-0.25, -0.2) is 8.42 Å². The van der Waals surface area contributed by atoms with Crippen LogP contribution in [0.25, 0.3) is 0 Å². The van der Waals surface area contributed by atoms with Crippen LogP contribution in [0.15, 0.2) is 0 Å². The van der Waals surface area contributed by atoms with Gasteiger partial charge in [-0.3, -0.25) is 0 Å². The second-order valence-corrected chi connectivity index (χ2v) is 5.57. The van der Waals surface area contributed by atoms with Gasteiger partial charge in [0.05, 0.1) is 5.25 Å². The second kappa shape index (κ2) is 3.72. The van der Waals surface area contributed by atoms with E-state index in [2.05, 4.69) is 0 Å². The van der Waals surface area contributed by atoms with Crippen LogP contribution in [0.1, 0.15) is 25.7 Å².